The Bertz CT molecular complexity index is 435. The zero-order chi connectivity index (χ0) is 19.0. The maximum absolute atomic E-state index is 6.51. The fourth-order valence-corrected chi connectivity index (χ4v) is 4.54. The SMILES string of the molecule is CCCC(CC(C)CC)(CN(C)C)C1=NOCC(CN2CCCCC2)O1. The van der Waals surface area contributed by atoms with Gasteiger partial charge in [0.1, 0.15) is 6.10 Å². The molecule has 2 heterocycles. The first-order valence-corrected chi connectivity index (χ1v) is 10.7. The fourth-order valence-electron chi connectivity index (χ4n) is 4.54. The van der Waals surface area contributed by atoms with Gasteiger partial charge in [-0.05, 0) is 58.8 Å². The lowest BCUT2D eigenvalue weighted by Crippen LogP contribution is -2.49. The lowest BCUT2D eigenvalue weighted by atomic mass is 9.74. The van der Waals surface area contributed by atoms with Crippen molar-refractivity contribution >= 4 is 5.90 Å². The summed E-state index contributed by atoms with van der Waals surface area (Å²) >= 11 is 0. The van der Waals surface area contributed by atoms with Crippen LogP contribution in [-0.2, 0) is 9.57 Å². The largest absolute Gasteiger partial charge is 0.470 e. The minimum atomic E-state index is -0.0474. The average molecular weight is 368 g/mol. The van der Waals surface area contributed by atoms with Crippen molar-refractivity contribution in [1.82, 2.24) is 9.80 Å². The van der Waals surface area contributed by atoms with Gasteiger partial charge in [0.2, 0.25) is 5.90 Å². The molecule has 0 aromatic rings. The van der Waals surface area contributed by atoms with Gasteiger partial charge in [-0.2, -0.15) is 0 Å². The molecule has 0 aromatic carbocycles. The van der Waals surface area contributed by atoms with E-state index in [1.807, 2.05) is 0 Å². The Morgan fingerprint density at radius 1 is 1.23 bits per heavy atom. The topological polar surface area (TPSA) is 37.3 Å². The molecule has 5 nitrogen and oxygen atoms in total. The average Bonchev–Trinajstić information content (AvgIpc) is 2.62. The van der Waals surface area contributed by atoms with E-state index < -0.39 is 0 Å². The quantitative estimate of drug-likeness (QED) is 0.585. The minimum absolute atomic E-state index is 0.0474. The molecular formula is C21H41N3O2. The molecule has 0 saturated carbocycles. The predicted molar refractivity (Wildman–Crippen MR) is 109 cm³/mol. The number of oxime groups is 1. The molecule has 0 aliphatic carbocycles. The van der Waals surface area contributed by atoms with E-state index in [-0.39, 0.29) is 11.5 Å². The third-order valence-electron chi connectivity index (χ3n) is 5.83. The number of likely N-dealkylation sites (tertiary alicyclic amines) is 1. The van der Waals surface area contributed by atoms with Crippen LogP contribution in [0.15, 0.2) is 5.16 Å². The first-order chi connectivity index (χ1) is 12.5. The molecule has 2 rings (SSSR count). The summed E-state index contributed by atoms with van der Waals surface area (Å²) in [6.07, 6.45) is 8.60. The Kier molecular flexibility index (Phi) is 8.68. The summed E-state index contributed by atoms with van der Waals surface area (Å²) < 4.78 is 6.51. The van der Waals surface area contributed by atoms with Gasteiger partial charge in [0.15, 0.2) is 6.61 Å². The van der Waals surface area contributed by atoms with Crippen molar-refractivity contribution < 1.29 is 9.57 Å². The van der Waals surface area contributed by atoms with Crippen LogP contribution in [0.1, 0.15) is 65.7 Å². The van der Waals surface area contributed by atoms with Crippen LogP contribution < -0.4 is 0 Å². The third kappa shape index (κ3) is 6.12. The molecular weight excluding hydrogens is 326 g/mol. The maximum atomic E-state index is 6.51. The summed E-state index contributed by atoms with van der Waals surface area (Å²) in [7, 11) is 4.30. The van der Waals surface area contributed by atoms with E-state index in [0.717, 1.165) is 38.2 Å². The zero-order valence-corrected chi connectivity index (χ0v) is 17.8. The van der Waals surface area contributed by atoms with Gasteiger partial charge < -0.3 is 14.5 Å². The van der Waals surface area contributed by atoms with Crippen molar-refractivity contribution in [3.8, 4) is 0 Å². The number of hydrogen-bond donors (Lipinski definition) is 0. The lowest BCUT2D eigenvalue weighted by molar-refractivity contribution is -0.0264. The Balaban J connectivity index is 2.12. The molecule has 0 amide bonds. The molecule has 0 radical (unpaired) electrons. The highest BCUT2D eigenvalue weighted by Crippen LogP contribution is 2.37. The van der Waals surface area contributed by atoms with Crippen molar-refractivity contribution in [3.63, 3.8) is 0 Å². The zero-order valence-electron chi connectivity index (χ0n) is 17.8. The molecule has 3 unspecified atom stereocenters. The normalized spacial score (nSPS) is 25.2. The van der Waals surface area contributed by atoms with Crippen molar-refractivity contribution in [1.29, 1.82) is 0 Å². The van der Waals surface area contributed by atoms with E-state index in [0.29, 0.717) is 12.5 Å². The van der Waals surface area contributed by atoms with Crippen molar-refractivity contribution in [2.24, 2.45) is 16.5 Å². The van der Waals surface area contributed by atoms with E-state index in [1.165, 1.54) is 38.8 Å². The van der Waals surface area contributed by atoms with Gasteiger partial charge >= 0.3 is 0 Å². The first kappa shape index (κ1) is 21.5. The Morgan fingerprint density at radius 3 is 2.58 bits per heavy atom. The van der Waals surface area contributed by atoms with Crippen molar-refractivity contribution in [3.05, 3.63) is 0 Å². The highest BCUT2D eigenvalue weighted by Gasteiger charge is 2.42. The summed E-state index contributed by atoms with van der Waals surface area (Å²) in [6, 6.07) is 0. The molecule has 152 valence electrons. The van der Waals surface area contributed by atoms with Gasteiger partial charge in [0, 0.05) is 13.1 Å². The molecule has 1 saturated heterocycles. The second kappa shape index (κ2) is 10.5. The van der Waals surface area contributed by atoms with Crippen molar-refractivity contribution in [2.45, 2.75) is 71.8 Å². The van der Waals surface area contributed by atoms with Crippen LogP contribution in [0.4, 0.5) is 0 Å². The third-order valence-corrected chi connectivity index (χ3v) is 5.83. The Hall–Kier alpha value is -0.810. The molecule has 5 heteroatoms. The molecule has 3 atom stereocenters. The van der Waals surface area contributed by atoms with E-state index in [2.05, 4.69) is 49.8 Å². The number of hydrogen-bond acceptors (Lipinski definition) is 5. The summed E-state index contributed by atoms with van der Waals surface area (Å²) in [5.74, 6) is 1.50. The van der Waals surface area contributed by atoms with Crippen LogP contribution in [0.5, 0.6) is 0 Å². The van der Waals surface area contributed by atoms with Gasteiger partial charge in [0.05, 0.1) is 5.41 Å². The molecule has 2 aliphatic heterocycles. The summed E-state index contributed by atoms with van der Waals surface area (Å²) in [4.78, 5) is 10.5. The lowest BCUT2D eigenvalue weighted by Gasteiger charge is -2.41. The number of piperidine rings is 1. The Morgan fingerprint density at radius 2 is 1.96 bits per heavy atom. The second-order valence-electron chi connectivity index (χ2n) is 8.78. The van der Waals surface area contributed by atoms with Crippen LogP contribution in [0.2, 0.25) is 0 Å². The molecule has 0 N–H and O–H groups in total. The number of rotatable bonds is 10. The van der Waals surface area contributed by atoms with E-state index in [4.69, 9.17) is 9.57 Å². The van der Waals surface area contributed by atoms with E-state index in [1.54, 1.807) is 0 Å². The molecule has 0 aromatic heterocycles. The summed E-state index contributed by atoms with van der Waals surface area (Å²) in [5.41, 5.74) is -0.0474. The minimum Gasteiger partial charge on any atom is -0.470 e. The van der Waals surface area contributed by atoms with Gasteiger partial charge in [0.25, 0.3) is 0 Å². The highest BCUT2D eigenvalue weighted by atomic mass is 16.7. The van der Waals surface area contributed by atoms with Gasteiger partial charge in [-0.15, -0.1) is 0 Å². The van der Waals surface area contributed by atoms with Gasteiger partial charge in [-0.1, -0.05) is 45.2 Å². The first-order valence-electron chi connectivity index (χ1n) is 10.7. The molecule has 2 aliphatic rings. The summed E-state index contributed by atoms with van der Waals surface area (Å²) in [5, 5.41) is 4.45. The van der Waals surface area contributed by atoms with Crippen molar-refractivity contribution in [2.75, 3.05) is 46.9 Å². The van der Waals surface area contributed by atoms with Crippen LogP contribution in [0, 0.1) is 11.3 Å². The predicted octanol–water partition coefficient (Wildman–Crippen LogP) is 3.99. The monoisotopic (exact) mass is 367 g/mol. The van der Waals surface area contributed by atoms with Crippen LogP contribution in [0.25, 0.3) is 0 Å². The van der Waals surface area contributed by atoms with E-state index in [9.17, 15) is 0 Å². The maximum Gasteiger partial charge on any atom is 0.233 e. The second-order valence-corrected chi connectivity index (χ2v) is 8.78. The highest BCUT2D eigenvalue weighted by molar-refractivity contribution is 5.83. The molecule has 26 heavy (non-hydrogen) atoms. The number of ether oxygens (including phenoxy) is 1. The standard InChI is InChI=1S/C21H41N3O2/c1-6-11-21(17-23(4)5,14-18(3)7-2)20-22-25-16-19(26-20)15-24-12-9-8-10-13-24/h18-19H,6-17H2,1-5H3. The van der Waals surface area contributed by atoms with Gasteiger partial charge in [-0.3, -0.25) is 4.90 Å². The van der Waals surface area contributed by atoms with Crippen LogP contribution in [0.3, 0.4) is 0 Å². The van der Waals surface area contributed by atoms with Crippen LogP contribution in [-0.4, -0.2) is 68.7 Å². The fraction of sp³-hybridized carbons (Fsp3) is 0.952. The molecule has 1 fully saturated rings. The number of nitrogens with zero attached hydrogens (tertiary/aromatic N) is 3. The van der Waals surface area contributed by atoms with Crippen LogP contribution >= 0.6 is 0 Å². The Labute approximate surface area is 161 Å². The smallest absolute Gasteiger partial charge is 0.233 e. The molecule has 0 bridgehead atoms. The van der Waals surface area contributed by atoms with E-state index >= 15 is 0 Å². The summed E-state index contributed by atoms with van der Waals surface area (Å²) in [6.45, 7) is 11.8. The van der Waals surface area contributed by atoms with Gasteiger partial charge in [-0.25, -0.2) is 0 Å². The molecule has 0 spiro atoms.